The molecule has 0 radical (unpaired) electrons. The average molecular weight is 348 g/mol. The van der Waals surface area contributed by atoms with Crippen molar-refractivity contribution in [3.8, 4) is 0 Å². The number of nitrogen functional groups attached to an aromatic ring is 1. The Hall–Kier alpha value is -1.09. The first-order valence-corrected chi connectivity index (χ1v) is 6.39. The second kappa shape index (κ2) is 4.42. The van der Waals surface area contributed by atoms with Crippen LogP contribution >= 0.6 is 33.9 Å². The van der Waals surface area contributed by atoms with Gasteiger partial charge in [-0.15, -0.1) is 11.3 Å². The monoisotopic (exact) mass is 348 g/mol. The Bertz CT molecular complexity index is 533. The SMILES string of the molecule is Cc1[nH]nc(NC(=O)c2csc(I)c2)c1N. The largest absolute Gasteiger partial charge is 0.394 e. The summed E-state index contributed by atoms with van der Waals surface area (Å²) in [7, 11) is 0. The van der Waals surface area contributed by atoms with Gasteiger partial charge < -0.3 is 11.1 Å². The molecule has 0 spiro atoms. The third kappa shape index (κ3) is 2.19. The Morgan fingerprint density at radius 3 is 2.94 bits per heavy atom. The number of rotatable bonds is 2. The zero-order valence-corrected chi connectivity index (χ0v) is 11.3. The summed E-state index contributed by atoms with van der Waals surface area (Å²) in [6.07, 6.45) is 0. The molecule has 0 aliphatic heterocycles. The van der Waals surface area contributed by atoms with Crippen molar-refractivity contribution in [2.75, 3.05) is 11.1 Å². The van der Waals surface area contributed by atoms with E-state index in [0.717, 1.165) is 8.58 Å². The fourth-order valence-corrected chi connectivity index (χ4v) is 2.47. The van der Waals surface area contributed by atoms with E-state index in [0.29, 0.717) is 17.1 Å². The summed E-state index contributed by atoms with van der Waals surface area (Å²) < 4.78 is 1.06. The molecule has 1 amide bonds. The lowest BCUT2D eigenvalue weighted by Crippen LogP contribution is -2.12. The van der Waals surface area contributed by atoms with E-state index in [4.69, 9.17) is 5.73 Å². The number of carbonyl (C=O) groups is 1. The number of carbonyl (C=O) groups excluding carboxylic acids is 1. The smallest absolute Gasteiger partial charge is 0.257 e. The van der Waals surface area contributed by atoms with Gasteiger partial charge in [0.05, 0.1) is 19.8 Å². The lowest BCUT2D eigenvalue weighted by Gasteiger charge is -2.00. The van der Waals surface area contributed by atoms with Gasteiger partial charge in [-0.1, -0.05) is 0 Å². The van der Waals surface area contributed by atoms with Crippen LogP contribution in [0.1, 0.15) is 16.1 Å². The molecule has 0 saturated carbocycles. The third-order valence-corrected chi connectivity index (χ3v) is 3.85. The lowest BCUT2D eigenvalue weighted by atomic mass is 10.3. The van der Waals surface area contributed by atoms with E-state index < -0.39 is 0 Å². The number of aromatic nitrogens is 2. The number of H-pyrrole nitrogens is 1. The van der Waals surface area contributed by atoms with Crippen LogP contribution in [-0.2, 0) is 0 Å². The molecule has 2 rings (SSSR count). The quantitative estimate of drug-likeness (QED) is 0.728. The van der Waals surface area contributed by atoms with Gasteiger partial charge in [-0.25, -0.2) is 0 Å². The standard InChI is InChI=1S/C9H9IN4OS/c1-4-7(11)8(14-13-4)12-9(15)5-2-6(10)16-3-5/h2-3H,11H2,1H3,(H2,12,13,14,15). The molecular formula is C9H9IN4OS. The molecule has 0 fully saturated rings. The van der Waals surface area contributed by atoms with E-state index in [1.807, 2.05) is 6.07 Å². The van der Waals surface area contributed by atoms with Gasteiger partial charge >= 0.3 is 0 Å². The van der Waals surface area contributed by atoms with Crippen LogP contribution in [0.5, 0.6) is 0 Å². The highest BCUT2D eigenvalue weighted by atomic mass is 127. The number of thiophene rings is 1. The number of aryl methyl sites for hydroxylation is 1. The van der Waals surface area contributed by atoms with E-state index in [-0.39, 0.29) is 5.91 Å². The molecule has 16 heavy (non-hydrogen) atoms. The number of nitrogens with zero attached hydrogens (tertiary/aromatic N) is 1. The van der Waals surface area contributed by atoms with E-state index in [1.54, 1.807) is 12.3 Å². The molecule has 0 saturated heterocycles. The molecule has 0 aromatic carbocycles. The maximum absolute atomic E-state index is 11.8. The molecule has 2 aromatic heterocycles. The minimum atomic E-state index is -0.197. The minimum absolute atomic E-state index is 0.197. The van der Waals surface area contributed by atoms with Crippen molar-refractivity contribution >= 4 is 51.3 Å². The first-order chi connectivity index (χ1) is 7.58. The van der Waals surface area contributed by atoms with Crippen LogP contribution in [0.25, 0.3) is 0 Å². The Morgan fingerprint density at radius 2 is 2.44 bits per heavy atom. The highest BCUT2D eigenvalue weighted by molar-refractivity contribution is 14.1. The van der Waals surface area contributed by atoms with Gasteiger partial charge in [-0.3, -0.25) is 9.89 Å². The molecule has 84 valence electrons. The second-order valence-electron chi connectivity index (χ2n) is 3.20. The lowest BCUT2D eigenvalue weighted by molar-refractivity contribution is 0.102. The maximum Gasteiger partial charge on any atom is 0.257 e. The number of nitrogens with one attached hydrogen (secondary N) is 2. The summed E-state index contributed by atoms with van der Waals surface area (Å²) in [6, 6.07) is 1.82. The van der Waals surface area contributed by atoms with Crippen molar-refractivity contribution in [3.63, 3.8) is 0 Å². The fourth-order valence-electron chi connectivity index (χ4n) is 1.14. The summed E-state index contributed by atoms with van der Waals surface area (Å²) in [4.78, 5) is 11.8. The van der Waals surface area contributed by atoms with E-state index in [2.05, 4.69) is 38.1 Å². The number of hydrogen-bond acceptors (Lipinski definition) is 4. The van der Waals surface area contributed by atoms with E-state index in [1.165, 1.54) is 11.3 Å². The number of nitrogens with two attached hydrogens (primary N) is 1. The molecular weight excluding hydrogens is 339 g/mol. The molecule has 0 unspecified atom stereocenters. The summed E-state index contributed by atoms with van der Waals surface area (Å²) in [5.41, 5.74) is 7.56. The van der Waals surface area contributed by atoms with Crippen LogP contribution in [0.2, 0.25) is 0 Å². The number of aromatic amines is 1. The van der Waals surface area contributed by atoms with Crippen molar-refractivity contribution < 1.29 is 4.79 Å². The number of anilines is 2. The molecule has 4 N–H and O–H groups in total. The van der Waals surface area contributed by atoms with Gasteiger partial charge in [0.15, 0.2) is 5.82 Å². The van der Waals surface area contributed by atoms with Crippen LogP contribution in [0.3, 0.4) is 0 Å². The zero-order chi connectivity index (χ0) is 11.7. The van der Waals surface area contributed by atoms with Gasteiger partial charge in [0.1, 0.15) is 0 Å². The Kier molecular flexibility index (Phi) is 3.15. The van der Waals surface area contributed by atoms with Gasteiger partial charge in [0.2, 0.25) is 0 Å². The normalized spacial score (nSPS) is 10.4. The average Bonchev–Trinajstić information content (AvgIpc) is 2.79. The topological polar surface area (TPSA) is 83.8 Å². The van der Waals surface area contributed by atoms with Crippen LogP contribution in [0.4, 0.5) is 11.5 Å². The molecule has 7 heteroatoms. The fraction of sp³-hybridized carbons (Fsp3) is 0.111. The third-order valence-electron chi connectivity index (χ3n) is 2.06. The van der Waals surface area contributed by atoms with Gasteiger partial charge in [0, 0.05) is 5.38 Å². The molecule has 0 aliphatic rings. The van der Waals surface area contributed by atoms with Crippen LogP contribution in [0.15, 0.2) is 11.4 Å². The number of halogens is 1. The molecule has 0 atom stereocenters. The highest BCUT2D eigenvalue weighted by Gasteiger charge is 2.12. The second-order valence-corrected chi connectivity index (χ2v) is 6.01. The molecule has 0 aliphatic carbocycles. The molecule has 2 aromatic rings. The molecule has 2 heterocycles. The number of amides is 1. The van der Waals surface area contributed by atoms with Gasteiger partial charge in [-0.2, -0.15) is 5.10 Å². The first-order valence-electron chi connectivity index (χ1n) is 4.43. The van der Waals surface area contributed by atoms with Gasteiger partial charge in [-0.05, 0) is 35.6 Å². The molecule has 0 bridgehead atoms. The zero-order valence-electron chi connectivity index (χ0n) is 8.37. The van der Waals surface area contributed by atoms with E-state index in [9.17, 15) is 4.79 Å². The Balaban J connectivity index is 2.17. The maximum atomic E-state index is 11.8. The summed E-state index contributed by atoms with van der Waals surface area (Å²) in [5.74, 6) is 0.182. The Morgan fingerprint density at radius 1 is 1.69 bits per heavy atom. The summed E-state index contributed by atoms with van der Waals surface area (Å²) in [6.45, 7) is 1.80. The summed E-state index contributed by atoms with van der Waals surface area (Å²) >= 11 is 3.69. The van der Waals surface area contributed by atoms with Crippen molar-refractivity contribution in [2.24, 2.45) is 0 Å². The van der Waals surface area contributed by atoms with E-state index >= 15 is 0 Å². The first kappa shape index (κ1) is 11.4. The predicted octanol–water partition coefficient (Wildman–Crippen LogP) is 2.22. The van der Waals surface area contributed by atoms with Crippen molar-refractivity contribution in [3.05, 3.63) is 25.6 Å². The number of hydrogen-bond donors (Lipinski definition) is 3. The summed E-state index contributed by atoms with van der Waals surface area (Å²) in [5, 5.41) is 11.1. The van der Waals surface area contributed by atoms with Crippen molar-refractivity contribution in [2.45, 2.75) is 6.92 Å². The van der Waals surface area contributed by atoms with Crippen LogP contribution < -0.4 is 11.1 Å². The minimum Gasteiger partial charge on any atom is -0.394 e. The van der Waals surface area contributed by atoms with Gasteiger partial charge in [0.25, 0.3) is 5.91 Å². The highest BCUT2D eigenvalue weighted by Crippen LogP contribution is 2.21. The van der Waals surface area contributed by atoms with Crippen LogP contribution in [-0.4, -0.2) is 16.1 Å². The molecule has 5 nitrogen and oxygen atoms in total. The van der Waals surface area contributed by atoms with Crippen molar-refractivity contribution in [1.29, 1.82) is 0 Å². The Labute approximate surface area is 110 Å². The van der Waals surface area contributed by atoms with Crippen molar-refractivity contribution in [1.82, 2.24) is 10.2 Å². The van der Waals surface area contributed by atoms with Crippen LogP contribution in [0, 0.1) is 9.81 Å². The predicted molar refractivity (Wildman–Crippen MR) is 72.7 cm³/mol.